The minimum Gasteiger partial charge on any atom is -0.464 e. The van der Waals surface area contributed by atoms with Crippen LogP contribution in [0.25, 0.3) is 11.1 Å². The summed E-state index contributed by atoms with van der Waals surface area (Å²) in [5.74, 6) is -0.0272. The maximum atomic E-state index is 12.4. The van der Waals surface area contributed by atoms with Crippen LogP contribution in [-0.4, -0.2) is 23.6 Å². The molecule has 1 amide bonds. The first kappa shape index (κ1) is 16.8. The molecule has 0 radical (unpaired) electrons. The van der Waals surface area contributed by atoms with Gasteiger partial charge in [-0.1, -0.05) is 19.1 Å². The molecule has 0 aliphatic carbocycles. The highest BCUT2D eigenvalue weighted by Crippen LogP contribution is 2.24. The van der Waals surface area contributed by atoms with Crippen molar-refractivity contribution in [3.63, 3.8) is 0 Å². The summed E-state index contributed by atoms with van der Waals surface area (Å²) in [5.41, 5.74) is 3.45. The van der Waals surface area contributed by atoms with Gasteiger partial charge in [0.05, 0.1) is 12.6 Å². The zero-order valence-electron chi connectivity index (χ0n) is 14.5. The molecule has 0 aliphatic heterocycles. The third-order valence-electron chi connectivity index (χ3n) is 4.05. The lowest BCUT2D eigenvalue weighted by Crippen LogP contribution is -2.21. The first-order chi connectivity index (χ1) is 12.0. The van der Waals surface area contributed by atoms with E-state index in [1.807, 2.05) is 31.2 Å². The van der Waals surface area contributed by atoms with Crippen molar-refractivity contribution < 1.29 is 18.7 Å². The number of methoxy groups -OCH3 is 1. The van der Waals surface area contributed by atoms with Crippen molar-refractivity contribution in [2.45, 2.75) is 26.8 Å². The number of hydrogen-bond acceptors (Lipinski definition) is 4. The summed E-state index contributed by atoms with van der Waals surface area (Å²) in [5, 5.41) is 2.84. The fraction of sp³-hybridized carbons (Fsp3) is 0.263. The SMILES string of the molecule is CCc1ccc(NC(=O)Cn2c(C(=O)OC)cc3oc(C)cc32)cc1. The summed E-state index contributed by atoms with van der Waals surface area (Å²) < 4.78 is 12.0. The number of carbonyl (C=O) groups is 2. The Hall–Kier alpha value is -3.02. The monoisotopic (exact) mass is 340 g/mol. The molecule has 0 saturated heterocycles. The molecule has 0 unspecified atom stereocenters. The molecule has 0 aliphatic rings. The first-order valence-corrected chi connectivity index (χ1v) is 8.08. The van der Waals surface area contributed by atoms with E-state index >= 15 is 0 Å². The molecule has 0 fully saturated rings. The average Bonchev–Trinajstić information content (AvgIpc) is 3.12. The van der Waals surface area contributed by atoms with Crippen molar-refractivity contribution in [3.8, 4) is 0 Å². The Kier molecular flexibility index (Phi) is 4.61. The third kappa shape index (κ3) is 3.42. The van der Waals surface area contributed by atoms with Crippen molar-refractivity contribution in [2.24, 2.45) is 0 Å². The van der Waals surface area contributed by atoms with Gasteiger partial charge in [0.15, 0.2) is 5.58 Å². The largest absolute Gasteiger partial charge is 0.464 e. The number of benzene rings is 1. The Morgan fingerprint density at radius 1 is 1.20 bits per heavy atom. The first-order valence-electron chi connectivity index (χ1n) is 8.08. The lowest BCUT2D eigenvalue weighted by atomic mass is 10.1. The molecule has 1 aromatic carbocycles. The molecule has 6 nitrogen and oxygen atoms in total. The molecule has 6 heteroatoms. The zero-order valence-corrected chi connectivity index (χ0v) is 14.5. The van der Waals surface area contributed by atoms with Crippen LogP contribution in [0.3, 0.4) is 0 Å². The molecule has 130 valence electrons. The van der Waals surface area contributed by atoms with Crippen LogP contribution in [0.1, 0.15) is 28.7 Å². The predicted octanol–water partition coefficient (Wildman–Crippen LogP) is 3.53. The second kappa shape index (κ2) is 6.84. The summed E-state index contributed by atoms with van der Waals surface area (Å²) in [6.45, 7) is 3.88. The molecule has 1 N–H and O–H groups in total. The number of anilines is 1. The van der Waals surface area contributed by atoms with E-state index in [1.54, 1.807) is 16.7 Å². The van der Waals surface area contributed by atoms with E-state index in [0.717, 1.165) is 6.42 Å². The van der Waals surface area contributed by atoms with E-state index < -0.39 is 5.97 Å². The highest BCUT2D eigenvalue weighted by Gasteiger charge is 2.20. The minimum atomic E-state index is -0.510. The number of hydrogen-bond donors (Lipinski definition) is 1. The van der Waals surface area contributed by atoms with Gasteiger partial charge >= 0.3 is 5.97 Å². The molecule has 0 spiro atoms. The quantitative estimate of drug-likeness (QED) is 0.721. The van der Waals surface area contributed by atoms with Crippen molar-refractivity contribution in [3.05, 3.63) is 53.4 Å². The Balaban J connectivity index is 1.85. The van der Waals surface area contributed by atoms with E-state index in [2.05, 4.69) is 12.2 Å². The number of aromatic nitrogens is 1. The number of esters is 1. The number of amides is 1. The van der Waals surface area contributed by atoms with Crippen molar-refractivity contribution in [1.29, 1.82) is 0 Å². The van der Waals surface area contributed by atoms with E-state index in [4.69, 9.17) is 9.15 Å². The van der Waals surface area contributed by atoms with Crippen LogP contribution in [0, 0.1) is 6.92 Å². The van der Waals surface area contributed by atoms with Crippen LogP contribution in [-0.2, 0) is 22.5 Å². The Morgan fingerprint density at radius 3 is 2.56 bits per heavy atom. The summed E-state index contributed by atoms with van der Waals surface area (Å²) in [6, 6.07) is 11.1. The lowest BCUT2D eigenvalue weighted by Gasteiger charge is -2.10. The van der Waals surface area contributed by atoms with Gasteiger partial charge in [-0.2, -0.15) is 0 Å². The standard InChI is InChI=1S/C19H20N2O4/c1-4-13-5-7-14(8-6-13)20-18(22)11-21-15-9-12(2)25-17(15)10-16(21)19(23)24-3/h5-10H,4,11H2,1-3H3,(H,20,22). The van der Waals surface area contributed by atoms with Crippen LogP contribution < -0.4 is 5.32 Å². The normalized spacial score (nSPS) is 10.8. The smallest absolute Gasteiger partial charge is 0.354 e. The van der Waals surface area contributed by atoms with Crippen molar-refractivity contribution in [1.82, 2.24) is 4.57 Å². The zero-order chi connectivity index (χ0) is 18.0. The molecular weight excluding hydrogens is 320 g/mol. The van der Waals surface area contributed by atoms with E-state index in [0.29, 0.717) is 22.5 Å². The maximum absolute atomic E-state index is 12.4. The van der Waals surface area contributed by atoms with Crippen LogP contribution >= 0.6 is 0 Å². The fourth-order valence-electron chi connectivity index (χ4n) is 2.78. The van der Waals surface area contributed by atoms with E-state index in [1.165, 1.54) is 12.7 Å². The summed E-state index contributed by atoms with van der Waals surface area (Å²) in [6.07, 6.45) is 0.942. The molecule has 3 rings (SSSR count). The van der Waals surface area contributed by atoms with Crippen LogP contribution in [0.15, 0.2) is 40.8 Å². The second-order valence-electron chi connectivity index (χ2n) is 5.81. The molecule has 2 aromatic heterocycles. The fourth-order valence-corrected chi connectivity index (χ4v) is 2.78. The second-order valence-corrected chi connectivity index (χ2v) is 5.81. The topological polar surface area (TPSA) is 73.5 Å². The van der Waals surface area contributed by atoms with Gasteiger partial charge < -0.3 is 19.0 Å². The Morgan fingerprint density at radius 2 is 1.92 bits per heavy atom. The van der Waals surface area contributed by atoms with Crippen LogP contribution in [0.5, 0.6) is 0 Å². The summed E-state index contributed by atoms with van der Waals surface area (Å²) in [4.78, 5) is 24.4. The average molecular weight is 340 g/mol. The molecule has 2 heterocycles. The Bertz CT molecular complexity index is 919. The predicted molar refractivity (Wildman–Crippen MR) is 94.7 cm³/mol. The van der Waals surface area contributed by atoms with Gasteiger partial charge in [0.1, 0.15) is 18.0 Å². The number of fused-ring (bicyclic) bond motifs is 1. The lowest BCUT2D eigenvalue weighted by molar-refractivity contribution is -0.116. The molecule has 0 saturated carbocycles. The van der Waals surface area contributed by atoms with Gasteiger partial charge in [-0.3, -0.25) is 4.79 Å². The van der Waals surface area contributed by atoms with Crippen molar-refractivity contribution in [2.75, 3.05) is 12.4 Å². The molecular formula is C19H20N2O4. The third-order valence-corrected chi connectivity index (χ3v) is 4.05. The molecule has 3 aromatic rings. The molecule has 0 bridgehead atoms. The number of nitrogens with one attached hydrogen (secondary N) is 1. The highest BCUT2D eigenvalue weighted by atomic mass is 16.5. The van der Waals surface area contributed by atoms with Gasteiger partial charge in [0.2, 0.25) is 5.91 Å². The maximum Gasteiger partial charge on any atom is 0.354 e. The van der Waals surface area contributed by atoms with Gasteiger partial charge in [0, 0.05) is 17.8 Å². The highest BCUT2D eigenvalue weighted by molar-refractivity contribution is 5.97. The van der Waals surface area contributed by atoms with Crippen LogP contribution in [0.2, 0.25) is 0 Å². The number of carbonyl (C=O) groups excluding carboxylic acids is 2. The number of nitrogens with zero attached hydrogens (tertiary/aromatic N) is 1. The van der Waals surface area contributed by atoms with Gasteiger partial charge in [-0.15, -0.1) is 0 Å². The number of ether oxygens (including phenoxy) is 1. The number of furan rings is 1. The van der Waals surface area contributed by atoms with Crippen molar-refractivity contribution >= 4 is 28.7 Å². The summed E-state index contributed by atoms with van der Waals surface area (Å²) >= 11 is 0. The molecule has 25 heavy (non-hydrogen) atoms. The minimum absolute atomic E-state index is 0.0115. The van der Waals surface area contributed by atoms with E-state index in [9.17, 15) is 9.59 Å². The summed E-state index contributed by atoms with van der Waals surface area (Å²) in [7, 11) is 1.31. The van der Waals surface area contributed by atoms with Gasteiger partial charge in [-0.25, -0.2) is 4.79 Å². The van der Waals surface area contributed by atoms with E-state index in [-0.39, 0.29) is 18.1 Å². The van der Waals surface area contributed by atoms with Gasteiger partial charge in [-0.05, 0) is 31.0 Å². The Labute approximate surface area is 145 Å². The number of rotatable bonds is 5. The number of aryl methyl sites for hydroxylation is 2. The molecule has 0 atom stereocenters. The van der Waals surface area contributed by atoms with Crippen LogP contribution in [0.4, 0.5) is 5.69 Å². The van der Waals surface area contributed by atoms with Gasteiger partial charge in [0.25, 0.3) is 0 Å².